The number of rotatable bonds is 8. The summed E-state index contributed by atoms with van der Waals surface area (Å²) >= 11 is 1.19. The first-order valence-corrected chi connectivity index (χ1v) is 10.6. The number of hydrogen-bond donors (Lipinski definition) is 2. The summed E-state index contributed by atoms with van der Waals surface area (Å²) in [5.41, 5.74) is 1.23. The zero-order valence-corrected chi connectivity index (χ0v) is 17.3. The van der Waals surface area contributed by atoms with Gasteiger partial charge in [0.1, 0.15) is 5.75 Å². The normalized spacial score (nSPS) is 10.6. The zero-order chi connectivity index (χ0) is 21.5. The summed E-state index contributed by atoms with van der Waals surface area (Å²) in [7, 11) is 0. The van der Waals surface area contributed by atoms with Gasteiger partial charge in [0.15, 0.2) is 10.9 Å². The lowest BCUT2D eigenvalue weighted by atomic mass is 10.2. The molecule has 0 saturated heterocycles. The molecule has 0 spiro atoms. The lowest BCUT2D eigenvalue weighted by Gasteiger charge is -2.12. The molecule has 0 unspecified atom stereocenters. The van der Waals surface area contributed by atoms with E-state index in [4.69, 9.17) is 4.74 Å². The number of hydrogen-bond acceptors (Lipinski definition) is 5. The molecule has 1 heterocycles. The number of H-pyrrole nitrogens is 1. The highest BCUT2D eigenvalue weighted by Crippen LogP contribution is 2.29. The number of amides is 1. The molecule has 0 fully saturated rings. The van der Waals surface area contributed by atoms with E-state index in [1.807, 2.05) is 72.8 Å². The number of ether oxygens (including phenoxy) is 1. The molecule has 3 aromatic carbocycles. The van der Waals surface area contributed by atoms with Crippen LogP contribution in [-0.2, 0) is 11.3 Å². The lowest BCUT2D eigenvalue weighted by molar-refractivity contribution is -0.113. The molecule has 0 aliphatic rings. The van der Waals surface area contributed by atoms with Crippen LogP contribution < -0.4 is 15.7 Å². The van der Waals surface area contributed by atoms with Gasteiger partial charge in [-0.05, 0) is 29.8 Å². The van der Waals surface area contributed by atoms with E-state index in [-0.39, 0.29) is 17.3 Å². The number of nitrogens with zero attached hydrogens (tertiary/aromatic N) is 2. The summed E-state index contributed by atoms with van der Waals surface area (Å²) in [6.45, 7) is 0.383. The van der Waals surface area contributed by atoms with Crippen molar-refractivity contribution >= 4 is 23.4 Å². The maximum Gasteiger partial charge on any atom is 0.344 e. The molecule has 8 heteroatoms. The first-order chi connectivity index (χ1) is 15.2. The smallest absolute Gasteiger partial charge is 0.344 e. The fourth-order valence-corrected chi connectivity index (χ4v) is 3.66. The molecular weight excluding hydrogens is 412 g/mol. The number of benzene rings is 3. The number of anilines is 1. The number of nitrogens with one attached hydrogen (secondary N) is 2. The Kier molecular flexibility index (Phi) is 6.49. The topological polar surface area (TPSA) is 89.0 Å². The van der Waals surface area contributed by atoms with Gasteiger partial charge >= 0.3 is 5.69 Å². The van der Waals surface area contributed by atoms with Crippen molar-refractivity contribution in [1.29, 1.82) is 0 Å². The number of para-hydroxylation sites is 3. The summed E-state index contributed by atoms with van der Waals surface area (Å²) in [6, 6.07) is 26.2. The second kappa shape index (κ2) is 9.82. The number of carbonyl (C=O) groups is 1. The molecule has 31 heavy (non-hydrogen) atoms. The molecule has 0 aliphatic carbocycles. The summed E-state index contributed by atoms with van der Waals surface area (Å²) in [6.07, 6.45) is 0. The van der Waals surface area contributed by atoms with Gasteiger partial charge in [-0.1, -0.05) is 72.4 Å². The average Bonchev–Trinajstić information content (AvgIpc) is 3.14. The molecule has 1 aromatic heterocycles. The van der Waals surface area contributed by atoms with Gasteiger partial charge in [0, 0.05) is 0 Å². The monoisotopic (exact) mass is 432 g/mol. The molecule has 7 nitrogen and oxygen atoms in total. The van der Waals surface area contributed by atoms with Crippen LogP contribution in [0.25, 0.3) is 0 Å². The van der Waals surface area contributed by atoms with Gasteiger partial charge in [-0.3, -0.25) is 9.36 Å². The highest BCUT2D eigenvalue weighted by atomic mass is 32.2. The summed E-state index contributed by atoms with van der Waals surface area (Å²) < 4.78 is 7.39. The Bertz CT molecular complexity index is 1210. The van der Waals surface area contributed by atoms with E-state index < -0.39 is 0 Å². The maximum atomic E-state index is 12.6. The second-order valence-corrected chi connectivity index (χ2v) is 7.57. The van der Waals surface area contributed by atoms with Crippen LogP contribution in [0.3, 0.4) is 0 Å². The predicted octanol–water partition coefficient (Wildman–Crippen LogP) is 4.14. The van der Waals surface area contributed by atoms with Crippen molar-refractivity contribution in [3.63, 3.8) is 0 Å². The zero-order valence-electron chi connectivity index (χ0n) is 16.5. The highest BCUT2D eigenvalue weighted by Gasteiger charge is 2.13. The second-order valence-electron chi connectivity index (χ2n) is 6.63. The molecule has 0 saturated carbocycles. The van der Waals surface area contributed by atoms with E-state index in [0.29, 0.717) is 28.9 Å². The van der Waals surface area contributed by atoms with Gasteiger partial charge in [0.25, 0.3) is 0 Å². The Morgan fingerprint density at radius 2 is 1.65 bits per heavy atom. The van der Waals surface area contributed by atoms with E-state index in [1.165, 1.54) is 16.3 Å². The number of aromatic amines is 1. The quantitative estimate of drug-likeness (QED) is 0.409. The third kappa shape index (κ3) is 5.43. The van der Waals surface area contributed by atoms with Crippen molar-refractivity contribution in [2.45, 2.75) is 11.7 Å². The predicted molar refractivity (Wildman–Crippen MR) is 121 cm³/mol. The molecule has 0 radical (unpaired) electrons. The van der Waals surface area contributed by atoms with Crippen molar-refractivity contribution in [3.05, 3.63) is 101 Å². The Morgan fingerprint density at radius 1 is 0.968 bits per heavy atom. The minimum Gasteiger partial charge on any atom is -0.455 e. The first-order valence-electron chi connectivity index (χ1n) is 9.63. The molecule has 1 amide bonds. The van der Waals surface area contributed by atoms with Crippen LogP contribution in [0.5, 0.6) is 11.5 Å². The van der Waals surface area contributed by atoms with Crippen molar-refractivity contribution < 1.29 is 9.53 Å². The van der Waals surface area contributed by atoms with Crippen LogP contribution in [0.1, 0.15) is 5.56 Å². The van der Waals surface area contributed by atoms with Crippen LogP contribution >= 0.6 is 11.8 Å². The van der Waals surface area contributed by atoms with Gasteiger partial charge in [-0.25, -0.2) is 9.89 Å². The Hall–Kier alpha value is -3.78. The van der Waals surface area contributed by atoms with Crippen LogP contribution in [-0.4, -0.2) is 26.4 Å². The molecule has 2 N–H and O–H groups in total. The van der Waals surface area contributed by atoms with Crippen molar-refractivity contribution in [1.82, 2.24) is 14.8 Å². The maximum absolute atomic E-state index is 12.6. The molecular formula is C23H20N4O3S. The SMILES string of the molecule is O=C(CSc1n[nH]c(=O)n1Cc1ccccc1)Nc1ccccc1Oc1ccccc1. The molecule has 0 aliphatic heterocycles. The van der Waals surface area contributed by atoms with E-state index in [1.54, 1.807) is 12.1 Å². The molecule has 0 atom stereocenters. The fraction of sp³-hybridized carbons (Fsp3) is 0.0870. The van der Waals surface area contributed by atoms with Crippen LogP contribution in [0.4, 0.5) is 5.69 Å². The largest absolute Gasteiger partial charge is 0.455 e. The minimum atomic E-state index is -0.312. The minimum absolute atomic E-state index is 0.0960. The van der Waals surface area contributed by atoms with Crippen LogP contribution in [0.15, 0.2) is 94.9 Å². The van der Waals surface area contributed by atoms with Gasteiger partial charge in [-0.15, -0.1) is 5.10 Å². The van der Waals surface area contributed by atoms with E-state index in [0.717, 1.165) is 5.56 Å². The van der Waals surface area contributed by atoms with Gasteiger partial charge in [0.2, 0.25) is 5.91 Å². The van der Waals surface area contributed by atoms with Crippen molar-refractivity contribution in [2.24, 2.45) is 0 Å². The van der Waals surface area contributed by atoms with E-state index in [9.17, 15) is 9.59 Å². The summed E-state index contributed by atoms with van der Waals surface area (Å²) in [5, 5.41) is 9.82. The lowest BCUT2D eigenvalue weighted by Crippen LogP contribution is -2.19. The third-order valence-electron chi connectivity index (χ3n) is 4.37. The Morgan fingerprint density at radius 3 is 2.42 bits per heavy atom. The van der Waals surface area contributed by atoms with Gasteiger partial charge in [-0.2, -0.15) is 0 Å². The van der Waals surface area contributed by atoms with Crippen LogP contribution in [0.2, 0.25) is 0 Å². The molecule has 4 rings (SSSR count). The molecule has 0 bridgehead atoms. The van der Waals surface area contributed by atoms with Crippen LogP contribution in [0, 0.1) is 0 Å². The number of carbonyl (C=O) groups excluding carboxylic acids is 1. The van der Waals surface area contributed by atoms with Crippen molar-refractivity contribution in [3.8, 4) is 11.5 Å². The Balaban J connectivity index is 1.40. The number of thioether (sulfide) groups is 1. The van der Waals surface area contributed by atoms with Gasteiger partial charge < -0.3 is 10.1 Å². The highest BCUT2D eigenvalue weighted by molar-refractivity contribution is 7.99. The van der Waals surface area contributed by atoms with E-state index in [2.05, 4.69) is 15.5 Å². The standard InChI is InChI=1S/C23H20N4O3S/c28-21(24-19-13-7-8-14-20(19)30-18-11-5-2-6-12-18)16-31-23-26-25-22(29)27(23)15-17-9-3-1-4-10-17/h1-14H,15-16H2,(H,24,28)(H,25,29). The molecule has 4 aromatic rings. The van der Waals surface area contributed by atoms with Crippen molar-refractivity contribution in [2.75, 3.05) is 11.1 Å². The fourth-order valence-electron chi connectivity index (χ4n) is 2.91. The molecule has 156 valence electrons. The first kappa shape index (κ1) is 20.5. The average molecular weight is 433 g/mol. The number of aromatic nitrogens is 3. The third-order valence-corrected chi connectivity index (χ3v) is 5.35. The summed E-state index contributed by atoms with van der Waals surface area (Å²) in [5.74, 6) is 1.10. The van der Waals surface area contributed by atoms with Gasteiger partial charge in [0.05, 0.1) is 18.0 Å². The summed E-state index contributed by atoms with van der Waals surface area (Å²) in [4.78, 5) is 24.7. The Labute approximate surface area is 183 Å². The van der Waals surface area contributed by atoms with E-state index >= 15 is 0 Å².